The van der Waals surface area contributed by atoms with Crippen LogP contribution in [0, 0.1) is 0 Å². The lowest BCUT2D eigenvalue weighted by Gasteiger charge is -2.03. The predicted octanol–water partition coefficient (Wildman–Crippen LogP) is 2.21. The SMILES string of the molecule is C[C@@H]1C[C@H](c2ccsc2)CN1. The average Bonchev–Trinajstić information content (AvgIpc) is 2.55. The zero-order chi connectivity index (χ0) is 7.68. The first kappa shape index (κ1) is 7.32. The molecule has 2 heteroatoms. The molecule has 1 aliphatic rings. The third kappa shape index (κ3) is 1.47. The summed E-state index contributed by atoms with van der Waals surface area (Å²) < 4.78 is 0. The van der Waals surface area contributed by atoms with E-state index < -0.39 is 0 Å². The molecule has 1 saturated heterocycles. The monoisotopic (exact) mass is 167 g/mol. The third-order valence-electron chi connectivity index (χ3n) is 2.37. The van der Waals surface area contributed by atoms with Gasteiger partial charge in [0.1, 0.15) is 0 Å². The molecule has 0 radical (unpaired) electrons. The Hall–Kier alpha value is -0.340. The highest BCUT2D eigenvalue weighted by Gasteiger charge is 2.21. The predicted molar refractivity (Wildman–Crippen MR) is 49.1 cm³/mol. The van der Waals surface area contributed by atoms with Crippen molar-refractivity contribution in [2.75, 3.05) is 6.54 Å². The molecule has 2 heterocycles. The Bertz CT molecular complexity index is 217. The summed E-state index contributed by atoms with van der Waals surface area (Å²) in [6.07, 6.45) is 1.30. The molecule has 1 nitrogen and oxygen atoms in total. The molecule has 1 N–H and O–H groups in total. The Kier molecular flexibility index (Phi) is 1.96. The molecule has 1 aromatic rings. The van der Waals surface area contributed by atoms with Gasteiger partial charge in [-0.1, -0.05) is 0 Å². The second-order valence-electron chi connectivity index (χ2n) is 3.30. The molecule has 0 bridgehead atoms. The van der Waals surface area contributed by atoms with Gasteiger partial charge in [0.15, 0.2) is 0 Å². The largest absolute Gasteiger partial charge is 0.314 e. The lowest BCUT2D eigenvalue weighted by molar-refractivity contribution is 0.659. The van der Waals surface area contributed by atoms with Gasteiger partial charge >= 0.3 is 0 Å². The zero-order valence-corrected chi connectivity index (χ0v) is 7.53. The molecule has 1 aromatic heterocycles. The highest BCUT2D eigenvalue weighted by molar-refractivity contribution is 7.07. The van der Waals surface area contributed by atoms with Crippen LogP contribution in [0.1, 0.15) is 24.8 Å². The molecular formula is C9H13NS. The lowest BCUT2D eigenvalue weighted by atomic mass is 10.00. The summed E-state index contributed by atoms with van der Waals surface area (Å²) in [4.78, 5) is 0. The van der Waals surface area contributed by atoms with Crippen molar-refractivity contribution in [3.8, 4) is 0 Å². The van der Waals surface area contributed by atoms with Crippen LogP contribution >= 0.6 is 11.3 Å². The minimum absolute atomic E-state index is 0.708. The van der Waals surface area contributed by atoms with Crippen molar-refractivity contribution in [3.63, 3.8) is 0 Å². The van der Waals surface area contributed by atoms with E-state index in [2.05, 4.69) is 29.1 Å². The number of thiophene rings is 1. The molecule has 0 aromatic carbocycles. The summed E-state index contributed by atoms with van der Waals surface area (Å²) in [6, 6.07) is 2.95. The van der Waals surface area contributed by atoms with Crippen molar-refractivity contribution >= 4 is 11.3 Å². The molecule has 1 aliphatic heterocycles. The third-order valence-corrected chi connectivity index (χ3v) is 3.07. The molecule has 2 atom stereocenters. The first-order valence-corrected chi connectivity index (χ1v) is 5.06. The highest BCUT2D eigenvalue weighted by Crippen LogP contribution is 2.26. The summed E-state index contributed by atoms with van der Waals surface area (Å²) in [5, 5.41) is 7.90. The number of hydrogen-bond acceptors (Lipinski definition) is 2. The second-order valence-corrected chi connectivity index (χ2v) is 4.08. The van der Waals surface area contributed by atoms with E-state index in [1.165, 1.54) is 12.0 Å². The summed E-state index contributed by atoms with van der Waals surface area (Å²) >= 11 is 1.80. The minimum atomic E-state index is 0.708. The van der Waals surface area contributed by atoms with Crippen molar-refractivity contribution in [1.29, 1.82) is 0 Å². The van der Waals surface area contributed by atoms with E-state index in [1.54, 1.807) is 11.3 Å². The topological polar surface area (TPSA) is 12.0 Å². The molecule has 11 heavy (non-hydrogen) atoms. The standard InChI is InChI=1S/C9H13NS/c1-7-4-9(5-10-7)8-2-3-11-6-8/h2-3,6-7,9-10H,4-5H2,1H3/t7-,9+/m1/s1. The Balaban J connectivity index is 2.08. The summed E-state index contributed by atoms with van der Waals surface area (Å²) in [5.74, 6) is 0.774. The first-order chi connectivity index (χ1) is 5.36. The van der Waals surface area contributed by atoms with E-state index in [0.717, 1.165) is 12.5 Å². The van der Waals surface area contributed by atoms with Gasteiger partial charge in [-0.15, -0.1) is 0 Å². The first-order valence-electron chi connectivity index (χ1n) is 4.12. The Morgan fingerprint density at radius 1 is 1.64 bits per heavy atom. The summed E-state index contributed by atoms with van der Waals surface area (Å²) in [6.45, 7) is 3.42. The maximum Gasteiger partial charge on any atom is 0.00452 e. The second kappa shape index (κ2) is 2.95. The molecule has 0 unspecified atom stereocenters. The van der Waals surface area contributed by atoms with E-state index >= 15 is 0 Å². The van der Waals surface area contributed by atoms with Crippen LogP contribution in [-0.4, -0.2) is 12.6 Å². The molecule has 0 saturated carbocycles. The van der Waals surface area contributed by atoms with Gasteiger partial charge in [0.2, 0.25) is 0 Å². The van der Waals surface area contributed by atoms with Crippen LogP contribution in [0.25, 0.3) is 0 Å². The van der Waals surface area contributed by atoms with Crippen LogP contribution in [-0.2, 0) is 0 Å². The Labute approximate surface area is 71.4 Å². The molecule has 2 rings (SSSR count). The fourth-order valence-corrected chi connectivity index (χ4v) is 2.44. The maximum absolute atomic E-state index is 3.46. The molecule has 0 aliphatic carbocycles. The summed E-state index contributed by atoms with van der Waals surface area (Å²) in [5.41, 5.74) is 1.52. The van der Waals surface area contributed by atoms with Gasteiger partial charge in [0, 0.05) is 12.6 Å². The van der Waals surface area contributed by atoms with Crippen molar-refractivity contribution in [2.45, 2.75) is 25.3 Å². The normalized spacial score (nSPS) is 31.0. The van der Waals surface area contributed by atoms with Crippen molar-refractivity contribution in [3.05, 3.63) is 22.4 Å². The van der Waals surface area contributed by atoms with Gasteiger partial charge in [0.25, 0.3) is 0 Å². The van der Waals surface area contributed by atoms with Crippen LogP contribution in [0.2, 0.25) is 0 Å². The Morgan fingerprint density at radius 3 is 3.09 bits per heavy atom. The number of nitrogens with one attached hydrogen (secondary N) is 1. The minimum Gasteiger partial charge on any atom is -0.314 e. The van der Waals surface area contributed by atoms with Gasteiger partial charge in [-0.3, -0.25) is 0 Å². The van der Waals surface area contributed by atoms with Gasteiger partial charge in [-0.25, -0.2) is 0 Å². The van der Waals surface area contributed by atoms with Crippen molar-refractivity contribution in [1.82, 2.24) is 5.32 Å². The van der Waals surface area contributed by atoms with E-state index in [-0.39, 0.29) is 0 Å². The van der Waals surface area contributed by atoms with Gasteiger partial charge < -0.3 is 5.32 Å². The quantitative estimate of drug-likeness (QED) is 0.676. The lowest BCUT2D eigenvalue weighted by Crippen LogP contribution is -2.16. The molecule has 60 valence electrons. The fraction of sp³-hybridized carbons (Fsp3) is 0.556. The van der Waals surface area contributed by atoms with E-state index in [9.17, 15) is 0 Å². The smallest absolute Gasteiger partial charge is 0.00452 e. The van der Waals surface area contributed by atoms with Gasteiger partial charge in [0.05, 0.1) is 0 Å². The van der Waals surface area contributed by atoms with Crippen LogP contribution in [0.4, 0.5) is 0 Å². The summed E-state index contributed by atoms with van der Waals surface area (Å²) in [7, 11) is 0. The van der Waals surface area contributed by atoms with Crippen molar-refractivity contribution < 1.29 is 0 Å². The van der Waals surface area contributed by atoms with Gasteiger partial charge in [-0.05, 0) is 41.7 Å². The molecule has 0 amide bonds. The Morgan fingerprint density at radius 2 is 2.55 bits per heavy atom. The van der Waals surface area contributed by atoms with Crippen molar-refractivity contribution in [2.24, 2.45) is 0 Å². The highest BCUT2D eigenvalue weighted by atomic mass is 32.1. The van der Waals surface area contributed by atoms with E-state index in [1.807, 2.05) is 0 Å². The van der Waals surface area contributed by atoms with E-state index in [0.29, 0.717) is 6.04 Å². The zero-order valence-electron chi connectivity index (χ0n) is 6.71. The molecule has 1 fully saturated rings. The molecular weight excluding hydrogens is 154 g/mol. The van der Waals surface area contributed by atoms with Crippen LogP contribution in [0.5, 0.6) is 0 Å². The average molecular weight is 167 g/mol. The number of rotatable bonds is 1. The molecule has 0 spiro atoms. The van der Waals surface area contributed by atoms with Crippen LogP contribution < -0.4 is 5.32 Å². The number of hydrogen-bond donors (Lipinski definition) is 1. The van der Waals surface area contributed by atoms with Crippen LogP contribution in [0.15, 0.2) is 16.8 Å². The van der Waals surface area contributed by atoms with Crippen LogP contribution in [0.3, 0.4) is 0 Å². The van der Waals surface area contributed by atoms with E-state index in [4.69, 9.17) is 0 Å². The maximum atomic E-state index is 3.46. The van der Waals surface area contributed by atoms with Gasteiger partial charge in [-0.2, -0.15) is 11.3 Å². The fourth-order valence-electron chi connectivity index (χ4n) is 1.70.